The number of nitrogens with zero attached hydrogens (tertiary/aromatic N) is 2. The van der Waals surface area contributed by atoms with E-state index in [1.807, 2.05) is 6.92 Å². The fraction of sp³-hybridized carbons (Fsp3) is 0.391. The minimum Gasteiger partial charge on any atom is -0.330 e. The van der Waals surface area contributed by atoms with E-state index in [9.17, 15) is 18.0 Å². The molecule has 1 aliphatic carbocycles. The molecule has 2 N–H and O–H groups in total. The molecule has 0 fully saturated rings. The summed E-state index contributed by atoms with van der Waals surface area (Å²) in [5.41, 5.74) is 7.47. The Balaban J connectivity index is 1.92. The molecule has 4 rings (SSSR count). The molecule has 1 heterocycles. The summed E-state index contributed by atoms with van der Waals surface area (Å²) in [6.45, 7) is 2.27. The number of carbonyl (C=O) groups excluding carboxylic acids is 1. The van der Waals surface area contributed by atoms with Gasteiger partial charge in [0.15, 0.2) is 0 Å². The molecule has 0 aromatic heterocycles. The molecule has 0 bridgehead atoms. The third kappa shape index (κ3) is 3.76. The summed E-state index contributed by atoms with van der Waals surface area (Å²) in [5.74, 6) is -1.99. The van der Waals surface area contributed by atoms with Gasteiger partial charge in [-0.15, -0.1) is 0 Å². The molecule has 1 amide bonds. The van der Waals surface area contributed by atoms with Crippen LogP contribution in [0.1, 0.15) is 49.3 Å². The van der Waals surface area contributed by atoms with E-state index in [4.69, 9.17) is 5.73 Å². The summed E-state index contributed by atoms with van der Waals surface area (Å²) in [6, 6.07) is 7.74. The highest BCUT2D eigenvalue weighted by Crippen LogP contribution is 2.57. The highest BCUT2D eigenvalue weighted by Gasteiger charge is 2.55. The van der Waals surface area contributed by atoms with Crippen LogP contribution in [0.3, 0.4) is 0 Å². The maximum Gasteiger partial charge on any atom is 0.244 e. The number of rotatable bonds is 5. The Morgan fingerprint density at radius 3 is 2.71 bits per heavy atom. The van der Waals surface area contributed by atoms with Gasteiger partial charge in [0.05, 0.1) is 0 Å². The predicted molar refractivity (Wildman–Crippen MR) is 116 cm³/mol. The van der Waals surface area contributed by atoms with Crippen LogP contribution in [0.25, 0.3) is 0 Å². The Morgan fingerprint density at radius 1 is 1.23 bits per heavy atom. The number of amides is 1. The first kappa shape index (κ1) is 21.9. The highest BCUT2D eigenvalue weighted by molar-refractivity contribution is 8.15. The van der Waals surface area contributed by atoms with Crippen molar-refractivity contribution in [3.63, 3.8) is 0 Å². The van der Waals surface area contributed by atoms with Crippen LogP contribution < -0.4 is 5.73 Å². The Hall–Kier alpha value is -2.32. The van der Waals surface area contributed by atoms with E-state index in [-0.39, 0.29) is 28.9 Å². The zero-order chi connectivity index (χ0) is 22.2. The van der Waals surface area contributed by atoms with Crippen molar-refractivity contribution in [3.8, 4) is 0 Å². The normalized spacial score (nSPS) is 22.5. The molecule has 1 spiro atoms. The van der Waals surface area contributed by atoms with Crippen molar-refractivity contribution in [2.75, 3.05) is 6.54 Å². The molecule has 2 aromatic rings. The number of hydrogen-bond acceptors (Lipinski definition) is 4. The standard InChI is InChI=1S/C23H24F3N3OS/c1-2-3-21(30)29-23(31-22(28-29)18-12-16(24)8-9-20(18)26)15(10-11-27)6-4-14-5-7-17(25)13-19(14)23/h5,7-9,12-13,15H,2-4,6,10-11,27H2,1H3/t15?,23-/m0/s1. The summed E-state index contributed by atoms with van der Waals surface area (Å²) >= 11 is 1.20. The van der Waals surface area contributed by atoms with Crippen LogP contribution in [0.5, 0.6) is 0 Å². The second kappa shape index (κ2) is 8.67. The zero-order valence-electron chi connectivity index (χ0n) is 17.2. The Bertz CT molecular complexity index is 1040. The molecular weight excluding hydrogens is 423 g/mol. The lowest BCUT2D eigenvalue weighted by atomic mass is 9.77. The van der Waals surface area contributed by atoms with Gasteiger partial charge in [-0.1, -0.05) is 24.8 Å². The van der Waals surface area contributed by atoms with E-state index >= 15 is 0 Å². The van der Waals surface area contributed by atoms with Crippen molar-refractivity contribution in [1.29, 1.82) is 0 Å². The Morgan fingerprint density at radius 2 is 1.97 bits per heavy atom. The molecule has 0 saturated heterocycles. The minimum absolute atomic E-state index is 0.00815. The quantitative estimate of drug-likeness (QED) is 0.709. The van der Waals surface area contributed by atoms with Crippen molar-refractivity contribution in [2.45, 2.75) is 43.9 Å². The average Bonchev–Trinajstić information content (AvgIpc) is 3.14. The minimum atomic E-state index is -1.05. The summed E-state index contributed by atoms with van der Waals surface area (Å²) in [7, 11) is 0. The molecule has 164 valence electrons. The topological polar surface area (TPSA) is 58.7 Å². The van der Waals surface area contributed by atoms with Gasteiger partial charge in [0.2, 0.25) is 5.91 Å². The number of carbonyl (C=O) groups is 1. The lowest BCUT2D eigenvalue weighted by Crippen LogP contribution is -2.50. The van der Waals surface area contributed by atoms with Gasteiger partial charge >= 0.3 is 0 Å². The van der Waals surface area contributed by atoms with Crippen molar-refractivity contribution in [3.05, 3.63) is 70.5 Å². The van der Waals surface area contributed by atoms with E-state index < -0.39 is 22.3 Å². The lowest BCUT2D eigenvalue weighted by Gasteiger charge is -2.46. The molecule has 4 nitrogen and oxygen atoms in total. The molecule has 31 heavy (non-hydrogen) atoms. The van der Waals surface area contributed by atoms with E-state index in [2.05, 4.69) is 5.10 Å². The van der Waals surface area contributed by atoms with Crippen molar-refractivity contribution < 1.29 is 18.0 Å². The van der Waals surface area contributed by atoms with Gasteiger partial charge in [0.25, 0.3) is 0 Å². The first-order chi connectivity index (χ1) is 14.9. The summed E-state index contributed by atoms with van der Waals surface area (Å²) in [6.07, 6.45) is 2.89. The van der Waals surface area contributed by atoms with Crippen LogP contribution in [-0.2, 0) is 16.1 Å². The number of fused-ring (bicyclic) bond motifs is 2. The van der Waals surface area contributed by atoms with Gasteiger partial charge in [-0.3, -0.25) is 4.79 Å². The number of hydrogen-bond donors (Lipinski definition) is 1. The van der Waals surface area contributed by atoms with Gasteiger partial charge < -0.3 is 5.73 Å². The molecule has 2 atom stereocenters. The lowest BCUT2D eigenvalue weighted by molar-refractivity contribution is -0.136. The number of thioether (sulfide) groups is 1. The van der Waals surface area contributed by atoms with Crippen LogP contribution in [0.2, 0.25) is 0 Å². The Labute approximate surface area is 183 Å². The molecule has 1 aliphatic heterocycles. The molecule has 8 heteroatoms. The molecular formula is C23H24F3N3OS. The van der Waals surface area contributed by atoms with Gasteiger partial charge in [-0.25, -0.2) is 18.2 Å². The fourth-order valence-electron chi connectivity index (χ4n) is 4.52. The van der Waals surface area contributed by atoms with Crippen molar-refractivity contribution >= 4 is 22.7 Å². The number of halogens is 3. The number of nitrogens with two attached hydrogens (primary N) is 1. The summed E-state index contributed by atoms with van der Waals surface area (Å²) in [4.78, 5) is 12.2. The molecule has 1 unspecified atom stereocenters. The second-order valence-electron chi connectivity index (χ2n) is 7.90. The van der Waals surface area contributed by atoms with Crippen LogP contribution >= 0.6 is 11.8 Å². The Kier molecular flexibility index (Phi) is 6.12. The SMILES string of the molecule is CCCC(=O)N1N=C(c2cc(F)ccc2F)S[C@@]12c1cc(F)ccc1CCC2CCN. The fourth-order valence-corrected chi connectivity index (χ4v) is 6.13. The largest absolute Gasteiger partial charge is 0.330 e. The van der Waals surface area contributed by atoms with Crippen LogP contribution in [-0.4, -0.2) is 22.5 Å². The summed E-state index contributed by atoms with van der Waals surface area (Å²) in [5, 5.41) is 6.11. The van der Waals surface area contributed by atoms with Gasteiger partial charge in [0, 0.05) is 12.0 Å². The first-order valence-electron chi connectivity index (χ1n) is 10.5. The summed E-state index contributed by atoms with van der Waals surface area (Å²) < 4.78 is 42.9. The third-order valence-electron chi connectivity index (χ3n) is 5.91. The molecule has 0 saturated carbocycles. The van der Waals surface area contributed by atoms with E-state index in [0.29, 0.717) is 24.9 Å². The van der Waals surface area contributed by atoms with E-state index in [1.165, 1.54) is 28.9 Å². The zero-order valence-corrected chi connectivity index (χ0v) is 18.0. The number of hydrazone groups is 1. The van der Waals surface area contributed by atoms with Crippen LogP contribution in [0.4, 0.5) is 13.2 Å². The number of benzene rings is 2. The number of aryl methyl sites for hydroxylation is 1. The van der Waals surface area contributed by atoms with E-state index in [1.54, 1.807) is 6.07 Å². The highest BCUT2D eigenvalue weighted by atomic mass is 32.2. The monoisotopic (exact) mass is 447 g/mol. The van der Waals surface area contributed by atoms with Crippen LogP contribution in [0, 0.1) is 23.4 Å². The van der Waals surface area contributed by atoms with Crippen molar-refractivity contribution in [2.24, 2.45) is 16.8 Å². The van der Waals surface area contributed by atoms with Gasteiger partial charge in [-0.2, -0.15) is 5.10 Å². The molecule has 2 aromatic carbocycles. The third-order valence-corrected chi connectivity index (χ3v) is 7.44. The smallest absolute Gasteiger partial charge is 0.244 e. The molecule has 0 radical (unpaired) electrons. The maximum atomic E-state index is 14.6. The van der Waals surface area contributed by atoms with Gasteiger partial charge in [-0.05, 0) is 79.6 Å². The van der Waals surface area contributed by atoms with Crippen LogP contribution in [0.15, 0.2) is 41.5 Å². The van der Waals surface area contributed by atoms with Crippen molar-refractivity contribution in [1.82, 2.24) is 5.01 Å². The molecule has 2 aliphatic rings. The van der Waals surface area contributed by atoms with E-state index in [0.717, 1.165) is 36.6 Å². The predicted octanol–water partition coefficient (Wildman–Crippen LogP) is 4.91. The average molecular weight is 448 g/mol. The second-order valence-corrected chi connectivity index (χ2v) is 9.11. The maximum absolute atomic E-state index is 14.6. The first-order valence-corrected chi connectivity index (χ1v) is 11.3. The van der Waals surface area contributed by atoms with Gasteiger partial charge in [0.1, 0.15) is 27.4 Å².